The highest BCUT2D eigenvalue weighted by molar-refractivity contribution is 5.97. The maximum Gasteiger partial charge on any atom is 0.251 e. The van der Waals surface area contributed by atoms with E-state index in [9.17, 15) is 9.59 Å². The van der Waals surface area contributed by atoms with Crippen LogP contribution in [0.5, 0.6) is 0 Å². The molecule has 0 aliphatic carbocycles. The maximum atomic E-state index is 12.1. The predicted molar refractivity (Wildman–Crippen MR) is 110 cm³/mol. The van der Waals surface area contributed by atoms with Gasteiger partial charge in [0.15, 0.2) is 0 Å². The lowest BCUT2D eigenvalue weighted by Gasteiger charge is -2.34. The lowest BCUT2D eigenvalue weighted by atomic mass is 10.1. The van der Waals surface area contributed by atoms with Crippen molar-refractivity contribution in [3.8, 4) is 0 Å². The Kier molecular flexibility index (Phi) is 7.17. The summed E-state index contributed by atoms with van der Waals surface area (Å²) >= 11 is 0. The van der Waals surface area contributed by atoms with Gasteiger partial charge in [-0.3, -0.25) is 14.5 Å². The Balaban J connectivity index is 1.31. The predicted octanol–water partition coefficient (Wildman–Crippen LogP) is 1.72. The SMILES string of the molecule is NC(=O)c1ccc(C(=O)NCCCN2CCN(Cc3ccccc3)CC2)cc1. The van der Waals surface area contributed by atoms with Crippen LogP contribution in [0, 0.1) is 0 Å². The van der Waals surface area contributed by atoms with Crippen LogP contribution in [0.25, 0.3) is 0 Å². The molecule has 0 unspecified atom stereocenters. The lowest BCUT2D eigenvalue weighted by molar-refractivity contribution is 0.0944. The van der Waals surface area contributed by atoms with E-state index in [2.05, 4.69) is 45.4 Å². The van der Waals surface area contributed by atoms with E-state index >= 15 is 0 Å². The van der Waals surface area contributed by atoms with E-state index in [0.717, 1.165) is 45.7 Å². The van der Waals surface area contributed by atoms with Crippen LogP contribution in [-0.4, -0.2) is 60.9 Å². The summed E-state index contributed by atoms with van der Waals surface area (Å²) in [5.41, 5.74) is 7.52. The van der Waals surface area contributed by atoms with Crippen LogP contribution in [0.4, 0.5) is 0 Å². The summed E-state index contributed by atoms with van der Waals surface area (Å²) in [4.78, 5) is 28.2. The highest BCUT2D eigenvalue weighted by Crippen LogP contribution is 2.09. The van der Waals surface area contributed by atoms with Crippen LogP contribution in [-0.2, 0) is 6.54 Å². The molecule has 6 heteroatoms. The molecule has 1 aliphatic rings. The Labute approximate surface area is 166 Å². The molecule has 2 aromatic carbocycles. The van der Waals surface area contributed by atoms with Crippen molar-refractivity contribution < 1.29 is 9.59 Å². The third-order valence-electron chi connectivity index (χ3n) is 5.08. The first-order valence-corrected chi connectivity index (χ1v) is 9.78. The molecule has 0 saturated carbocycles. The fraction of sp³-hybridized carbons (Fsp3) is 0.364. The smallest absolute Gasteiger partial charge is 0.251 e. The van der Waals surface area contributed by atoms with Crippen LogP contribution in [0.15, 0.2) is 54.6 Å². The van der Waals surface area contributed by atoms with Gasteiger partial charge in [-0.15, -0.1) is 0 Å². The van der Waals surface area contributed by atoms with Crippen molar-refractivity contribution in [3.63, 3.8) is 0 Å². The van der Waals surface area contributed by atoms with E-state index in [1.165, 1.54) is 5.56 Å². The molecule has 0 bridgehead atoms. The van der Waals surface area contributed by atoms with Gasteiger partial charge in [0.25, 0.3) is 5.91 Å². The van der Waals surface area contributed by atoms with Gasteiger partial charge in [0.05, 0.1) is 0 Å². The molecule has 1 fully saturated rings. The number of nitrogens with one attached hydrogen (secondary N) is 1. The average Bonchev–Trinajstić information content (AvgIpc) is 2.73. The third-order valence-corrected chi connectivity index (χ3v) is 5.08. The van der Waals surface area contributed by atoms with Crippen molar-refractivity contribution in [1.29, 1.82) is 0 Å². The summed E-state index contributed by atoms with van der Waals surface area (Å²) in [6, 6.07) is 17.0. The lowest BCUT2D eigenvalue weighted by Crippen LogP contribution is -2.46. The van der Waals surface area contributed by atoms with E-state index in [4.69, 9.17) is 5.73 Å². The van der Waals surface area contributed by atoms with Crippen LogP contribution < -0.4 is 11.1 Å². The fourth-order valence-corrected chi connectivity index (χ4v) is 3.41. The largest absolute Gasteiger partial charge is 0.366 e. The van der Waals surface area contributed by atoms with Crippen molar-refractivity contribution in [2.75, 3.05) is 39.3 Å². The minimum Gasteiger partial charge on any atom is -0.366 e. The number of hydrogen-bond donors (Lipinski definition) is 2. The third kappa shape index (κ3) is 5.90. The van der Waals surface area contributed by atoms with Gasteiger partial charge in [-0.25, -0.2) is 0 Å². The second-order valence-electron chi connectivity index (χ2n) is 7.15. The highest BCUT2D eigenvalue weighted by atomic mass is 16.2. The Morgan fingerprint density at radius 2 is 1.46 bits per heavy atom. The van der Waals surface area contributed by atoms with Crippen LogP contribution in [0.2, 0.25) is 0 Å². The van der Waals surface area contributed by atoms with E-state index in [1.807, 2.05) is 0 Å². The number of primary amides is 1. The molecular weight excluding hydrogens is 352 g/mol. The van der Waals surface area contributed by atoms with E-state index in [1.54, 1.807) is 24.3 Å². The molecule has 2 amide bonds. The Hall–Kier alpha value is -2.70. The van der Waals surface area contributed by atoms with Gasteiger partial charge in [0, 0.05) is 50.4 Å². The Morgan fingerprint density at radius 3 is 2.11 bits per heavy atom. The first-order chi connectivity index (χ1) is 13.6. The van der Waals surface area contributed by atoms with Gasteiger partial charge in [-0.05, 0) is 42.8 Å². The molecule has 148 valence electrons. The minimum absolute atomic E-state index is 0.122. The van der Waals surface area contributed by atoms with Crippen molar-refractivity contribution in [2.24, 2.45) is 5.73 Å². The van der Waals surface area contributed by atoms with Gasteiger partial charge in [0.1, 0.15) is 0 Å². The van der Waals surface area contributed by atoms with Gasteiger partial charge in [-0.1, -0.05) is 30.3 Å². The summed E-state index contributed by atoms with van der Waals surface area (Å²) in [5, 5.41) is 2.94. The van der Waals surface area contributed by atoms with E-state index in [-0.39, 0.29) is 5.91 Å². The zero-order valence-corrected chi connectivity index (χ0v) is 16.1. The molecule has 28 heavy (non-hydrogen) atoms. The number of rotatable bonds is 8. The summed E-state index contributed by atoms with van der Waals surface area (Å²) in [7, 11) is 0. The molecule has 1 saturated heterocycles. The number of carbonyl (C=O) groups excluding carboxylic acids is 2. The molecule has 0 atom stereocenters. The summed E-state index contributed by atoms with van der Waals surface area (Å²) in [5.74, 6) is -0.612. The average molecular weight is 380 g/mol. The maximum absolute atomic E-state index is 12.1. The Bertz CT molecular complexity index is 769. The zero-order valence-electron chi connectivity index (χ0n) is 16.1. The second kappa shape index (κ2) is 10.0. The summed E-state index contributed by atoms with van der Waals surface area (Å²) in [6.45, 7) is 6.92. The molecule has 0 spiro atoms. The standard InChI is InChI=1S/C22H28N4O2/c23-21(27)19-7-9-20(10-8-19)22(28)24-11-4-12-25-13-15-26(16-14-25)17-18-5-2-1-3-6-18/h1-3,5-10H,4,11-17H2,(H2,23,27)(H,24,28). The molecule has 1 aliphatic heterocycles. The number of nitrogens with two attached hydrogens (primary N) is 1. The molecule has 3 rings (SSSR count). The quantitative estimate of drug-likeness (QED) is 0.684. The fourth-order valence-electron chi connectivity index (χ4n) is 3.41. The number of nitrogens with zero attached hydrogens (tertiary/aromatic N) is 2. The number of carbonyl (C=O) groups is 2. The summed E-state index contributed by atoms with van der Waals surface area (Å²) < 4.78 is 0. The summed E-state index contributed by atoms with van der Waals surface area (Å²) in [6.07, 6.45) is 0.920. The van der Waals surface area contributed by atoms with Crippen molar-refractivity contribution in [3.05, 3.63) is 71.3 Å². The molecule has 1 heterocycles. The van der Waals surface area contributed by atoms with Gasteiger partial charge >= 0.3 is 0 Å². The first-order valence-electron chi connectivity index (χ1n) is 9.78. The normalized spacial score (nSPS) is 15.3. The number of piperazine rings is 1. The molecule has 6 nitrogen and oxygen atoms in total. The molecule has 0 aromatic heterocycles. The first kappa shape index (κ1) is 20.0. The van der Waals surface area contributed by atoms with Gasteiger partial charge < -0.3 is 16.0 Å². The van der Waals surface area contributed by atoms with E-state index in [0.29, 0.717) is 17.7 Å². The number of benzene rings is 2. The minimum atomic E-state index is -0.490. The van der Waals surface area contributed by atoms with Crippen molar-refractivity contribution >= 4 is 11.8 Å². The van der Waals surface area contributed by atoms with Gasteiger partial charge in [0.2, 0.25) is 5.91 Å². The highest BCUT2D eigenvalue weighted by Gasteiger charge is 2.16. The molecular formula is C22H28N4O2. The molecule has 2 aromatic rings. The van der Waals surface area contributed by atoms with Crippen molar-refractivity contribution in [1.82, 2.24) is 15.1 Å². The number of hydrogen-bond acceptors (Lipinski definition) is 4. The zero-order chi connectivity index (χ0) is 19.8. The van der Waals surface area contributed by atoms with Crippen molar-refractivity contribution in [2.45, 2.75) is 13.0 Å². The van der Waals surface area contributed by atoms with Crippen LogP contribution in [0.3, 0.4) is 0 Å². The number of amides is 2. The molecule has 3 N–H and O–H groups in total. The van der Waals surface area contributed by atoms with Crippen LogP contribution >= 0.6 is 0 Å². The molecule has 0 radical (unpaired) electrons. The topological polar surface area (TPSA) is 78.7 Å². The second-order valence-corrected chi connectivity index (χ2v) is 7.15. The Morgan fingerprint density at radius 1 is 0.857 bits per heavy atom. The van der Waals surface area contributed by atoms with Crippen LogP contribution in [0.1, 0.15) is 32.7 Å². The van der Waals surface area contributed by atoms with Gasteiger partial charge in [-0.2, -0.15) is 0 Å². The monoisotopic (exact) mass is 380 g/mol. The van der Waals surface area contributed by atoms with E-state index < -0.39 is 5.91 Å².